The molecule has 0 aliphatic heterocycles. The number of benzene rings is 1. The summed E-state index contributed by atoms with van der Waals surface area (Å²) in [7, 11) is -2.37. The summed E-state index contributed by atoms with van der Waals surface area (Å²) >= 11 is 3.05. The number of hydrogen-bond donors (Lipinski definition) is 2. The lowest BCUT2D eigenvalue weighted by atomic mass is 9.90. The highest BCUT2D eigenvalue weighted by Crippen LogP contribution is 2.27. The van der Waals surface area contributed by atoms with Crippen molar-refractivity contribution in [1.82, 2.24) is 4.72 Å². The molecule has 0 spiro atoms. The minimum absolute atomic E-state index is 0.162. The Morgan fingerprint density at radius 3 is 2.62 bits per heavy atom. The van der Waals surface area contributed by atoms with Crippen LogP contribution in [0.4, 0.5) is 10.1 Å². The Balaban J connectivity index is 2.90. The van der Waals surface area contributed by atoms with Crippen LogP contribution in [0.3, 0.4) is 0 Å². The first-order valence-corrected chi connectivity index (χ1v) is 8.60. The van der Waals surface area contributed by atoms with E-state index >= 15 is 0 Å². The molecule has 0 unspecified atom stereocenters. The third kappa shape index (κ3) is 5.21. The van der Waals surface area contributed by atoms with Crippen molar-refractivity contribution in [2.24, 2.45) is 5.41 Å². The number of hydrogen-bond acceptors (Lipinski definition) is 4. The molecule has 8 heteroatoms. The third-order valence-corrected chi connectivity index (χ3v) is 5.17. The van der Waals surface area contributed by atoms with Gasteiger partial charge in [0, 0.05) is 30.4 Å². The van der Waals surface area contributed by atoms with E-state index in [4.69, 9.17) is 10.5 Å². The fraction of sp³-hybridized carbons (Fsp3) is 0.538. The lowest BCUT2D eigenvalue weighted by molar-refractivity contribution is 0.153. The van der Waals surface area contributed by atoms with Gasteiger partial charge in [0.1, 0.15) is 10.7 Å². The van der Waals surface area contributed by atoms with E-state index in [2.05, 4.69) is 20.7 Å². The molecule has 0 amide bonds. The van der Waals surface area contributed by atoms with Gasteiger partial charge in [0.25, 0.3) is 0 Å². The number of nitrogens with one attached hydrogen (secondary N) is 1. The van der Waals surface area contributed by atoms with Crippen LogP contribution in [0.5, 0.6) is 0 Å². The van der Waals surface area contributed by atoms with Crippen LogP contribution in [0, 0.1) is 11.2 Å². The summed E-state index contributed by atoms with van der Waals surface area (Å²) in [4.78, 5) is -0.453. The molecule has 21 heavy (non-hydrogen) atoms. The maximum absolute atomic E-state index is 13.8. The van der Waals surface area contributed by atoms with E-state index in [0.717, 1.165) is 12.1 Å². The first-order chi connectivity index (χ1) is 9.59. The highest BCUT2D eigenvalue weighted by molar-refractivity contribution is 9.10. The van der Waals surface area contributed by atoms with Crippen molar-refractivity contribution >= 4 is 31.6 Å². The smallest absolute Gasteiger partial charge is 0.243 e. The molecule has 3 N–H and O–H groups in total. The quantitative estimate of drug-likeness (QED) is 0.709. The number of nitrogen functional groups attached to an aromatic ring is 1. The number of ether oxygens (including phenoxy) is 1. The molecule has 0 aliphatic carbocycles. The minimum atomic E-state index is -3.96. The lowest BCUT2D eigenvalue weighted by Gasteiger charge is -2.24. The number of anilines is 1. The maximum atomic E-state index is 13.8. The van der Waals surface area contributed by atoms with Gasteiger partial charge < -0.3 is 10.5 Å². The molecular weight excluding hydrogens is 363 g/mol. The van der Waals surface area contributed by atoms with Crippen molar-refractivity contribution in [1.29, 1.82) is 0 Å². The van der Waals surface area contributed by atoms with E-state index in [1.54, 1.807) is 7.11 Å². The second-order valence-electron chi connectivity index (χ2n) is 5.54. The van der Waals surface area contributed by atoms with Gasteiger partial charge in [-0.1, -0.05) is 13.8 Å². The van der Waals surface area contributed by atoms with E-state index in [-0.39, 0.29) is 17.6 Å². The molecular formula is C13H20BrFN2O3S. The Bertz CT molecular complexity index is 606. The Morgan fingerprint density at radius 1 is 1.43 bits per heavy atom. The van der Waals surface area contributed by atoms with Gasteiger partial charge in [0.05, 0.1) is 0 Å². The highest BCUT2D eigenvalue weighted by atomic mass is 79.9. The van der Waals surface area contributed by atoms with E-state index in [1.807, 2.05) is 13.8 Å². The largest absolute Gasteiger partial charge is 0.398 e. The fourth-order valence-corrected chi connectivity index (χ4v) is 3.24. The van der Waals surface area contributed by atoms with Gasteiger partial charge >= 0.3 is 0 Å². The third-order valence-electron chi connectivity index (χ3n) is 3.06. The van der Waals surface area contributed by atoms with Crippen molar-refractivity contribution in [3.05, 3.63) is 22.4 Å². The van der Waals surface area contributed by atoms with Crippen LogP contribution in [0.1, 0.15) is 20.3 Å². The summed E-state index contributed by atoms with van der Waals surface area (Å²) in [6.07, 6.45) is 0.678. The van der Waals surface area contributed by atoms with Crippen molar-refractivity contribution in [3.63, 3.8) is 0 Å². The van der Waals surface area contributed by atoms with Crippen molar-refractivity contribution in [3.8, 4) is 0 Å². The average Bonchev–Trinajstić information content (AvgIpc) is 2.38. The number of rotatable bonds is 7. The van der Waals surface area contributed by atoms with Gasteiger partial charge in [0.15, 0.2) is 0 Å². The number of methoxy groups -OCH3 is 1. The molecule has 5 nitrogen and oxygen atoms in total. The predicted molar refractivity (Wildman–Crippen MR) is 84.0 cm³/mol. The van der Waals surface area contributed by atoms with Crippen molar-refractivity contribution < 1.29 is 17.5 Å². The van der Waals surface area contributed by atoms with Gasteiger partial charge in [-0.05, 0) is 39.9 Å². The van der Waals surface area contributed by atoms with E-state index < -0.39 is 20.7 Å². The second kappa shape index (κ2) is 7.04. The predicted octanol–water partition coefficient (Wildman–Crippen LogP) is 2.51. The standard InChI is InChI=1S/C13H20BrFN2O3S/c1-13(2,4-5-20-3)8-17-21(18,19)12-7-11(16)9(14)6-10(12)15/h6-7,17H,4-5,8,16H2,1-3H3. The number of sulfonamides is 1. The monoisotopic (exact) mass is 382 g/mol. The zero-order valence-electron chi connectivity index (χ0n) is 12.2. The Kier molecular flexibility index (Phi) is 6.15. The Labute approximate surface area is 133 Å². The van der Waals surface area contributed by atoms with Crippen LogP contribution in [-0.4, -0.2) is 28.7 Å². The van der Waals surface area contributed by atoms with Crippen molar-refractivity contribution in [2.75, 3.05) is 26.0 Å². The fourth-order valence-electron chi connectivity index (χ4n) is 1.59. The molecule has 0 fully saturated rings. The van der Waals surface area contributed by atoms with E-state index in [1.165, 1.54) is 0 Å². The summed E-state index contributed by atoms with van der Waals surface area (Å²) in [5, 5.41) is 0. The Morgan fingerprint density at radius 2 is 2.05 bits per heavy atom. The highest BCUT2D eigenvalue weighted by Gasteiger charge is 2.25. The first-order valence-electron chi connectivity index (χ1n) is 6.32. The summed E-state index contributed by atoms with van der Waals surface area (Å²) < 4.78 is 45.9. The molecule has 0 bridgehead atoms. The van der Waals surface area contributed by atoms with Crippen LogP contribution < -0.4 is 10.5 Å². The van der Waals surface area contributed by atoms with Crippen LogP contribution in [-0.2, 0) is 14.8 Å². The number of halogens is 2. The molecule has 1 aromatic carbocycles. The molecule has 0 heterocycles. The zero-order chi connectivity index (χ0) is 16.3. The topological polar surface area (TPSA) is 81.4 Å². The van der Waals surface area contributed by atoms with Crippen molar-refractivity contribution in [2.45, 2.75) is 25.2 Å². The van der Waals surface area contributed by atoms with Gasteiger partial charge in [-0.25, -0.2) is 17.5 Å². The molecule has 0 saturated carbocycles. The molecule has 0 aromatic heterocycles. The SMILES string of the molecule is COCCC(C)(C)CNS(=O)(=O)c1cc(N)c(Br)cc1F. The summed E-state index contributed by atoms with van der Waals surface area (Å²) in [6.45, 7) is 4.50. The molecule has 1 aromatic rings. The van der Waals surface area contributed by atoms with Crippen LogP contribution in [0.25, 0.3) is 0 Å². The first kappa shape index (κ1) is 18.3. The maximum Gasteiger partial charge on any atom is 0.243 e. The summed E-state index contributed by atoms with van der Waals surface area (Å²) in [6, 6.07) is 2.14. The van der Waals surface area contributed by atoms with Gasteiger partial charge in [-0.2, -0.15) is 0 Å². The minimum Gasteiger partial charge on any atom is -0.398 e. The van der Waals surface area contributed by atoms with E-state index in [9.17, 15) is 12.8 Å². The van der Waals surface area contributed by atoms with Crippen LogP contribution >= 0.6 is 15.9 Å². The average molecular weight is 383 g/mol. The molecule has 0 radical (unpaired) electrons. The molecule has 0 saturated heterocycles. The van der Waals surface area contributed by atoms with Crippen LogP contribution in [0.2, 0.25) is 0 Å². The molecule has 120 valence electrons. The second-order valence-corrected chi connectivity index (χ2v) is 8.13. The summed E-state index contributed by atoms with van der Waals surface area (Å²) in [5.41, 5.74) is 5.47. The molecule has 1 rings (SSSR count). The van der Waals surface area contributed by atoms with Crippen LogP contribution in [0.15, 0.2) is 21.5 Å². The zero-order valence-corrected chi connectivity index (χ0v) is 14.6. The van der Waals surface area contributed by atoms with Gasteiger partial charge in [-0.15, -0.1) is 0 Å². The lowest BCUT2D eigenvalue weighted by Crippen LogP contribution is -2.35. The Hall–Kier alpha value is -0.700. The normalized spacial score (nSPS) is 12.6. The summed E-state index contributed by atoms with van der Waals surface area (Å²) in [5.74, 6) is -0.849. The molecule has 0 atom stereocenters. The molecule has 0 aliphatic rings. The van der Waals surface area contributed by atoms with E-state index in [0.29, 0.717) is 17.5 Å². The van der Waals surface area contributed by atoms with Gasteiger partial charge in [-0.3, -0.25) is 0 Å². The number of nitrogens with two attached hydrogens (primary N) is 1. The van der Waals surface area contributed by atoms with Gasteiger partial charge in [0.2, 0.25) is 10.0 Å².